The van der Waals surface area contributed by atoms with Crippen LogP contribution in [0, 0.1) is 10.1 Å². The Morgan fingerprint density at radius 2 is 2.12 bits per heavy atom. The van der Waals surface area contributed by atoms with Gasteiger partial charge in [0.2, 0.25) is 5.91 Å². The fourth-order valence-electron chi connectivity index (χ4n) is 2.23. The van der Waals surface area contributed by atoms with Gasteiger partial charge >= 0.3 is 5.88 Å². The number of nitrogens with zero attached hydrogens (tertiary/aromatic N) is 2. The van der Waals surface area contributed by atoms with Gasteiger partial charge in [-0.3, -0.25) is 14.9 Å². The molecule has 0 bridgehead atoms. The molecule has 2 aromatic heterocycles. The number of furan rings is 1. The van der Waals surface area contributed by atoms with E-state index in [0.717, 1.165) is 22.5 Å². The number of hydrogen-bond donors (Lipinski definition) is 3. The van der Waals surface area contributed by atoms with Gasteiger partial charge in [-0.15, -0.1) is 0 Å². The zero-order valence-electron chi connectivity index (χ0n) is 12.4. The summed E-state index contributed by atoms with van der Waals surface area (Å²) >= 11 is 0. The number of nitrogens with one attached hydrogen (secondary N) is 2. The molecule has 0 aliphatic rings. The topological polar surface area (TPSA) is 140 Å². The summed E-state index contributed by atoms with van der Waals surface area (Å²) in [5.41, 5.74) is 9.70. The molecule has 24 heavy (non-hydrogen) atoms. The minimum absolute atomic E-state index is 0.00842. The minimum atomic E-state index is -0.688. The number of hydrazone groups is 1. The van der Waals surface area contributed by atoms with Crippen molar-refractivity contribution in [3.8, 4) is 0 Å². The van der Waals surface area contributed by atoms with Gasteiger partial charge in [0, 0.05) is 17.1 Å². The second kappa shape index (κ2) is 6.24. The van der Waals surface area contributed by atoms with Crippen LogP contribution in [0.4, 0.5) is 5.88 Å². The van der Waals surface area contributed by atoms with Crippen LogP contribution in [0.5, 0.6) is 0 Å². The number of carbonyl (C=O) groups excluding carboxylic acids is 1. The maximum absolute atomic E-state index is 12.0. The number of benzene rings is 1. The highest BCUT2D eigenvalue weighted by Crippen LogP contribution is 2.18. The molecular weight excluding hydrogens is 314 g/mol. The van der Waals surface area contributed by atoms with Gasteiger partial charge in [-0.2, -0.15) is 5.10 Å². The number of H-pyrrole nitrogens is 1. The fourth-order valence-corrected chi connectivity index (χ4v) is 2.23. The van der Waals surface area contributed by atoms with Gasteiger partial charge in [-0.1, -0.05) is 18.2 Å². The number of fused-ring (bicyclic) bond motifs is 1. The summed E-state index contributed by atoms with van der Waals surface area (Å²) in [7, 11) is 0. The van der Waals surface area contributed by atoms with E-state index in [2.05, 4.69) is 15.5 Å². The second-order valence-electron chi connectivity index (χ2n) is 4.96. The molecule has 9 heteroatoms. The zero-order chi connectivity index (χ0) is 17.1. The minimum Gasteiger partial charge on any atom is -0.397 e. The summed E-state index contributed by atoms with van der Waals surface area (Å²) in [4.78, 5) is 24.9. The number of nitrogens with two attached hydrogens (primary N) is 1. The number of nitro groups is 1. The Morgan fingerprint density at radius 1 is 1.33 bits per heavy atom. The normalized spacial score (nSPS) is 11.6. The van der Waals surface area contributed by atoms with Gasteiger partial charge in [-0.25, -0.2) is 5.43 Å². The smallest absolute Gasteiger partial charge is 0.397 e. The predicted octanol–water partition coefficient (Wildman–Crippen LogP) is 1.65. The number of rotatable bonds is 5. The number of amides is 1. The van der Waals surface area contributed by atoms with Crippen LogP contribution in [-0.4, -0.2) is 21.7 Å². The lowest BCUT2D eigenvalue weighted by Crippen LogP contribution is -2.24. The molecule has 3 rings (SSSR count). The quantitative estimate of drug-likeness (QED) is 0.283. The summed E-state index contributed by atoms with van der Waals surface area (Å²) in [6.45, 7) is 0. The zero-order valence-corrected chi connectivity index (χ0v) is 12.4. The van der Waals surface area contributed by atoms with Crippen molar-refractivity contribution in [1.29, 1.82) is 0 Å². The fraction of sp³-hybridized carbons (Fsp3) is 0.0667. The van der Waals surface area contributed by atoms with Crippen LogP contribution in [0.3, 0.4) is 0 Å². The molecular formula is C15H13N5O4. The maximum Gasteiger partial charge on any atom is 0.433 e. The highest BCUT2D eigenvalue weighted by molar-refractivity contribution is 5.96. The Hall–Kier alpha value is -3.62. The van der Waals surface area contributed by atoms with E-state index in [0.29, 0.717) is 0 Å². The first-order valence-electron chi connectivity index (χ1n) is 6.96. The summed E-state index contributed by atoms with van der Waals surface area (Å²) in [6, 6.07) is 10.1. The van der Waals surface area contributed by atoms with Crippen LogP contribution in [0.2, 0.25) is 0 Å². The molecule has 0 aliphatic carbocycles. The number of amidine groups is 1. The molecule has 2 heterocycles. The number of carbonyl (C=O) groups is 1. The Labute approximate surface area is 135 Å². The van der Waals surface area contributed by atoms with E-state index in [1.165, 1.54) is 6.07 Å². The first kappa shape index (κ1) is 15.3. The molecule has 0 spiro atoms. The second-order valence-corrected chi connectivity index (χ2v) is 4.96. The highest BCUT2D eigenvalue weighted by atomic mass is 16.6. The number of aromatic nitrogens is 1. The molecule has 0 aliphatic heterocycles. The largest absolute Gasteiger partial charge is 0.433 e. The molecule has 1 aromatic carbocycles. The molecule has 1 amide bonds. The van der Waals surface area contributed by atoms with Crippen molar-refractivity contribution in [2.24, 2.45) is 10.8 Å². The van der Waals surface area contributed by atoms with Crippen molar-refractivity contribution in [1.82, 2.24) is 10.4 Å². The molecule has 4 N–H and O–H groups in total. The van der Waals surface area contributed by atoms with E-state index >= 15 is 0 Å². The molecule has 0 saturated carbocycles. The van der Waals surface area contributed by atoms with E-state index in [1.54, 1.807) is 6.20 Å². The molecule has 9 nitrogen and oxygen atoms in total. The Balaban J connectivity index is 1.67. The molecule has 0 fully saturated rings. The Bertz CT molecular complexity index is 940. The standard InChI is InChI=1S/C15H13N5O4/c16-15(12-5-6-14(24-12)20(22)23)19-18-13(21)7-9-8-17-11-4-2-1-3-10(9)11/h1-6,8,17H,7H2,(H2,16,19)(H,18,21). The van der Waals surface area contributed by atoms with Gasteiger partial charge in [0.1, 0.15) is 4.92 Å². The van der Waals surface area contributed by atoms with E-state index in [-0.39, 0.29) is 23.9 Å². The number of para-hydroxylation sites is 1. The third-order valence-corrected chi connectivity index (χ3v) is 3.35. The van der Waals surface area contributed by atoms with E-state index in [9.17, 15) is 14.9 Å². The van der Waals surface area contributed by atoms with Gasteiger partial charge < -0.3 is 15.1 Å². The van der Waals surface area contributed by atoms with Crippen LogP contribution in [-0.2, 0) is 11.2 Å². The van der Waals surface area contributed by atoms with Gasteiger partial charge in [0.05, 0.1) is 12.5 Å². The van der Waals surface area contributed by atoms with Gasteiger partial charge in [0.15, 0.2) is 11.6 Å². The first-order chi connectivity index (χ1) is 11.5. The predicted molar refractivity (Wildman–Crippen MR) is 86.2 cm³/mol. The number of aromatic amines is 1. The molecule has 0 unspecified atom stereocenters. The summed E-state index contributed by atoms with van der Waals surface area (Å²) in [5, 5.41) is 15.2. The maximum atomic E-state index is 12.0. The molecule has 122 valence electrons. The average molecular weight is 327 g/mol. The molecule has 0 radical (unpaired) electrons. The van der Waals surface area contributed by atoms with Crippen molar-refractivity contribution < 1.29 is 14.1 Å². The number of hydrogen-bond acceptors (Lipinski definition) is 5. The van der Waals surface area contributed by atoms with Crippen LogP contribution in [0.1, 0.15) is 11.3 Å². The molecule has 0 atom stereocenters. The van der Waals surface area contributed by atoms with Crippen LogP contribution in [0.25, 0.3) is 10.9 Å². The van der Waals surface area contributed by atoms with Gasteiger partial charge in [-0.05, 0) is 17.7 Å². The van der Waals surface area contributed by atoms with E-state index in [4.69, 9.17) is 10.2 Å². The molecule has 0 saturated heterocycles. The van der Waals surface area contributed by atoms with Crippen molar-refractivity contribution in [3.05, 3.63) is 64.0 Å². The Kier molecular flexibility index (Phi) is 3.98. The third-order valence-electron chi connectivity index (χ3n) is 3.35. The van der Waals surface area contributed by atoms with Crippen LogP contribution < -0.4 is 11.2 Å². The van der Waals surface area contributed by atoms with Crippen molar-refractivity contribution >= 4 is 28.5 Å². The monoisotopic (exact) mass is 327 g/mol. The average Bonchev–Trinajstić information content (AvgIpc) is 3.20. The first-order valence-corrected chi connectivity index (χ1v) is 6.96. The lowest BCUT2D eigenvalue weighted by molar-refractivity contribution is -0.402. The summed E-state index contributed by atoms with van der Waals surface area (Å²) in [6.07, 6.45) is 1.87. The SMILES string of the molecule is N/C(=N\NC(=O)Cc1c[nH]c2ccccc12)c1ccc([N+](=O)[O-])o1. The summed E-state index contributed by atoms with van der Waals surface area (Å²) < 4.78 is 4.89. The van der Waals surface area contributed by atoms with Crippen LogP contribution >= 0.6 is 0 Å². The molecule has 3 aromatic rings. The third kappa shape index (κ3) is 3.09. The van der Waals surface area contributed by atoms with Crippen molar-refractivity contribution in [3.63, 3.8) is 0 Å². The summed E-state index contributed by atoms with van der Waals surface area (Å²) in [5.74, 6) is -0.971. The van der Waals surface area contributed by atoms with E-state index < -0.39 is 10.8 Å². The van der Waals surface area contributed by atoms with Crippen molar-refractivity contribution in [2.75, 3.05) is 0 Å². The highest BCUT2D eigenvalue weighted by Gasteiger charge is 2.14. The lowest BCUT2D eigenvalue weighted by Gasteiger charge is -2.00. The van der Waals surface area contributed by atoms with Crippen molar-refractivity contribution in [2.45, 2.75) is 6.42 Å². The van der Waals surface area contributed by atoms with E-state index in [1.807, 2.05) is 24.3 Å². The lowest BCUT2D eigenvalue weighted by atomic mass is 10.1. The van der Waals surface area contributed by atoms with Gasteiger partial charge in [0.25, 0.3) is 0 Å². The Morgan fingerprint density at radius 3 is 2.88 bits per heavy atom. The van der Waals surface area contributed by atoms with Crippen LogP contribution in [0.15, 0.2) is 52.1 Å².